The van der Waals surface area contributed by atoms with Crippen LogP contribution >= 0.6 is 0 Å². The highest BCUT2D eigenvalue weighted by molar-refractivity contribution is 5.80. The van der Waals surface area contributed by atoms with Crippen molar-refractivity contribution in [2.24, 2.45) is 4.99 Å². The SMILES string of the molecule is CCNC(=NCCn1ccnc1)N1CCN(C(CC)c2ccccc2)CC1. The molecule has 1 aliphatic rings. The van der Waals surface area contributed by atoms with Gasteiger partial charge in [-0.05, 0) is 18.9 Å². The monoisotopic (exact) mass is 368 g/mol. The molecule has 6 nitrogen and oxygen atoms in total. The molecule has 146 valence electrons. The van der Waals surface area contributed by atoms with Crippen molar-refractivity contribution in [3.8, 4) is 0 Å². The molecule has 6 heteroatoms. The Morgan fingerprint density at radius 1 is 1.15 bits per heavy atom. The van der Waals surface area contributed by atoms with E-state index in [-0.39, 0.29) is 0 Å². The smallest absolute Gasteiger partial charge is 0.194 e. The molecule has 1 N–H and O–H groups in total. The van der Waals surface area contributed by atoms with Crippen LogP contribution in [0, 0.1) is 0 Å². The molecule has 2 aromatic rings. The number of aromatic nitrogens is 2. The molecule has 1 atom stereocenters. The third-order valence-corrected chi connectivity index (χ3v) is 5.14. The Balaban J connectivity index is 1.56. The highest BCUT2D eigenvalue weighted by atomic mass is 15.4. The fourth-order valence-electron chi connectivity index (χ4n) is 3.74. The predicted molar refractivity (Wildman–Crippen MR) is 111 cm³/mol. The van der Waals surface area contributed by atoms with Crippen LogP contribution in [0.1, 0.15) is 31.9 Å². The summed E-state index contributed by atoms with van der Waals surface area (Å²) in [5.74, 6) is 1.03. The molecule has 3 rings (SSSR count). The van der Waals surface area contributed by atoms with Gasteiger partial charge in [-0.1, -0.05) is 37.3 Å². The Kier molecular flexibility index (Phi) is 7.27. The molecule has 1 aliphatic heterocycles. The second kappa shape index (κ2) is 10.1. The van der Waals surface area contributed by atoms with Gasteiger partial charge in [0.2, 0.25) is 0 Å². The Morgan fingerprint density at radius 3 is 2.56 bits per heavy atom. The van der Waals surface area contributed by atoms with Crippen LogP contribution in [0.15, 0.2) is 54.0 Å². The Hall–Kier alpha value is -2.34. The van der Waals surface area contributed by atoms with Gasteiger partial charge >= 0.3 is 0 Å². The summed E-state index contributed by atoms with van der Waals surface area (Å²) in [5, 5.41) is 3.45. The summed E-state index contributed by atoms with van der Waals surface area (Å²) >= 11 is 0. The molecule has 1 aromatic carbocycles. The van der Waals surface area contributed by atoms with E-state index in [1.807, 2.05) is 18.7 Å². The van der Waals surface area contributed by atoms with Crippen molar-refractivity contribution in [3.05, 3.63) is 54.6 Å². The number of guanidine groups is 1. The number of hydrogen-bond acceptors (Lipinski definition) is 3. The molecule has 2 heterocycles. The lowest BCUT2D eigenvalue weighted by atomic mass is 10.0. The second-order valence-corrected chi connectivity index (χ2v) is 6.89. The molecule has 0 bridgehead atoms. The van der Waals surface area contributed by atoms with Crippen LogP contribution in [0.4, 0.5) is 0 Å². The van der Waals surface area contributed by atoms with Crippen LogP contribution in [-0.2, 0) is 6.54 Å². The minimum Gasteiger partial charge on any atom is -0.357 e. The van der Waals surface area contributed by atoms with E-state index in [4.69, 9.17) is 4.99 Å². The van der Waals surface area contributed by atoms with Crippen LogP contribution in [0.5, 0.6) is 0 Å². The zero-order valence-corrected chi connectivity index (χ0v) is 16.6. The number of nitrogens with one attached hydrogen (secondary N) is 1. The number of rotatable bonds is 7. The van der Waals surface area contributed by atoms with E-state index in [1.165, 1.54) is 5.56 Å². The Bertz CT molecular complexity index is 674. The van der Waals surface area contributed by atoms with Crippen molar-refractivity contribution in [2.45, 2.75) is 32.9 Å². The first-order chi connectivity index (χ1) is 13.3. The summed E-state index contributed by atoms with van der Waals surface area (Å²) in [6.07, 6.45) is 6.78. The number of nitrogens with zero attached hydrogens (tertiary/aromatic N) is 5. The molecule has 0 amide bonds. The summed E-state index contributed by atoms with van der Waals surface area (Å²) in [4.78, 5) is 13.9. The largest absolute Gasteiger partial charge is 0.357 e. The van der Waals surface area contributed by atoms with Gasteiger partial charge in [0.25, 0.3) is 0 Å². The zero-order chi connectivity index (χ0) is 18.9. The molecule has 0 spiro atoms. The van der Waals surface area contributed by atoms with E-state index in [9.17, 15) is 0 Å². The van der Waals surface area contributed by atoms with Crippen LogP contribution in [0.2, 0.25) is 0 Å². The lowest BCUT2D eigenvalue weighted by molar-refractivity contribution is 0.127. The van der Waals surface area contributed by atoms with Crippen molar-refractivity contribution in [3.63, 3.8) is 0 Å². The van der Waals surface area contributed by atoms with Gasteiger partial charge in [0.05, 0.1) is 12.9 Å². The lowest BCUT2D eigenvalue weighted by Crippen LogP contribution is -2.53. The van der Waals surface area contributed by atoms with E-state index in [1.54, 1.807) is 0 Å². The van der Waals surface area contributed by atoms with Crippen LogP contribution in [0.25, 0.3) is 0 Å². The third kappa shape index (κ3) is 5.32. The zero-order valence-electron chi connectivity index (χ0n) is 16.6. The quantitative estimate of drug-likeness (QED) is 0.603. The molecular formula is C21H32N6. The van der Waals surface area contributed by atoms with E-state index in [2.05, 4.69) is 68.8 Å². The maximum absolute atomic E-state index is 4.82. The number of aliphatic imine (C=N–C) groups is 1. The topological polar surface area (TPSA) is 48.7 Å². The summed E-state index contributed by atoms with van der Waals surface area (Å²) in [5.41, 5.74) is 1.43. The fourth-order valence-corrected chi connectivity index (χ4v) is 3.74. The van der Waals surface area contributed by atoms with Gasteiger partial charge in [0.15, 0.2) is 5.96 Å². The summed E-state index contributed by atoms with van der Waals surface area (Å²) in [6.45, 7) is 11.1. The number of hydrogen-bond donors (Lipinski definition) is 1. The molecular weight excluding hydrogens is 336 g/mol. The molecule has 1 fully saturated rings. The number of imidazole rings is 1. The fraction of sp³-hybridized carbons (Fsp3) is 0.524. The first-order valence-electron chi connectivity index (χ1n) is 10.1. The van der Waals surface area contributed by atoms with Crippen molar-refractivity contribution in [2.75, 3.05) is 39.3 Å². The van der Waals surface area contributed by atoms with Crippen LogP contribution < -0.4 is 5.32 Å². The Morgan fingerprint density at radius 2 is 1.93 bits per heavy atom. The lowest BCUT2D eigenvalue weighted by Gasteiger charge is -2.40. The molecule has 1 aromatic heterocycles. The van der Waals surface area contributed by atoms with Gasteiger partial charge < -0.3 is 14.8 Å². The predicted octanol–water partition coefficient (Wildman–Crippen LogP) is 2.62. The molecule has 1 saturated heterocycles. The normalized spacial score (nSPS) is 17.1. The van der Waals surface area contributed by atoms with Crippen molar-refractivity contribution < 1.29 is 0 Å². The highest BCUT2D eigenvalue weighted by Gasteiger charge is 2.25. The van der Waals surface area contributed by atoms with Crippen molar-refractivity contribution >= 4 is 5.96 Å². The molecule has 1 unspecified atom stereocenters. The van der Waals surface area contributed by atoms with Gasteiger partial charge in [0.1, 0.15) is 0 Å². The van der Waals surface area contributed by atoms with Gasteiger partial charge in [-0.3, -0.25) is 9.89 Å². The first kappa shape index (κ1) is 19.4. The minimum atomic E-state index is 0.508. The molecule has 0 aliphatic carbocycles. The van der Waals surface area contributed by atoms with Gasteiger partial charge in [0, 0.05) is 57.7 Å². The third-order valence-electron chi connectivity index (χ3n) is 5.14. The van der Waals surface area contributed by atoms with E-state index in [0.717, 1.165) is 58.2 Å². The van der Waals surface area contributed by atoms with Crippen LogP contribution in [0.3, 0.4) is 0 Å². The molecule has 0 saturated carbocycles. The number of piperazine rings is 1. The van der Waals surface area contributed by atoms with Gasteiger partial charge in [-0.2, -0.15) is 0 Å². The second-order valence-electron chi connectivity index (χ2n) is 6.89. The maximum atomic E-state index is 4.82. The maximum Gasteiger partial charge on any atom is 0.194 e. The highest BCUT2D eigenvalue weighted by Crippen LogP contribution is 2.25. The minimum absolute atomic E-state index is 0.508. The standard InChI is InChI=1S/C21H32N6/c1-3-20(19-8-6-5-7-9-19)26-14-16-27(17-15-26)21(23-4-2)24-11-13-25-12-10-22-18-25/h5-10,12,18,20H,3-4,11,13-17H2,1-2H3,(H,23,24). The van der Waals surface area contributed by atoms with E-state index in [0.29, 0.717) is 6.04 Å². The van der Waals surface area contributed by atoms with E-state index >= 15 is 0 Å². The van der Waals surface area contributed by atoms with Gasteiger partial charge in [-0.25, -0.2) is 4.98 Å². The van der Waals surface area contributed by atoms with Crippen LogP contribution in [-0.4, -0.2) is 64.6 Å². The summed E-state index contributed by atoms with van der Waals surface area (Å²) < 4.78 is 2.07. The molecule has 27 heavy (non-hydrogen) atoms. The average molecular weight is 369 g/mol. The van der Waals surface area contributed by atoms with Crippen molar-refractivity contribution in [1.82, 2.24) is 24.7 Å². The summed E-state index contributed by atoms with van der Waals surface area (Å²) in [6, 6.07) is 11.4. The summed E-state index contributed by atoms with van der Waals surface area (Å²) in [7, 11) is 0. The Labute approximate surface area is 162 Å². The van der Waals surface area contributed by atoms with Crippen molar-refractivity contribution in [1.29, 1.82) is 0 Å². The van der Waals surface area contributed by atoms with Gasteiger partial charge in [-0.15, -0.1) is 0 Å². The first-order valence-corrected chi connectivity index (χ1v) is 10.1. The van der Waals surface area contributed by atoms with E-state index < -0.39 is 0 Å². The average Bonchev–Trinajstić information content (AvgIpc) is 3.23. The number of benzene rings is 1. The molecule has 0 radical (unpaired) electrons.